The number of carbonyl (C=O) groups is 3. The molecule has 0 aliphatic rings. The van der Waals surface area contributed by atoms with Gasteiger partial charge in [-0.3, -0.25) is 9.59 Å². The van der Waals surface area contributed by atoms with Crippen molar-refractivity contribution in [1.82, 2.24) is 0 Å². The zero-order valence-corrected chi connectivity index (χ0v) is 15.1. The summed E-state index contributed by atoms with van der Waals surface area (Å²) in [5, 5.41) is 0. The summed E-state index contributed by atoms with van der Waals surface area (Å²) in [6.07, 6.45) is -0.0111. The highest BCUT2D eigenvalue weighted by atomic mass is 16.6. The minimum atomic E-state index is -1.15. The standard InChI is InChI=1S/C17H28O6/c1-11(2)13(18)21-10-9-12(14(19)22-16(3,4)5)15(20)23-17(6,7)8/h12H,1,9-10H2,2-8H3. The Bertz CT molecular complexity index is 436. The Kier molecular flexibility index (Phi) is 7.48. The lowest BCUT2D eigenvalue weighted by molar-refractivity contribution is -0.176. The third kappa shape index (κ3) is 9.71. The SMILES string of the molecule is C=C(C)C(=O)OCCC(C(=O)OC(C)(C)C)C(=O)OC(C)(C)C. The van der Waals surface area contributed by atoms with E-state index in [2.05, 4.69) is 6.58 Å². The highest BCUT2D eigenvalue weighted by Crippen LogP contribution is 2.19. The first-order valence-corrected chi connectivity index (χ1v) is 7.51. The van der Waals surface area contributed by atoms with Crippen LogP contribution in [0.4, 0.5) is 0 Å². The fourth-order valence-electron chi connectivity index (χ4n) is 1.47. The van der Waals surface area contributed by atoms with Gasteiger partial charge in [0.15, 0.2) is 5.92 Å². The maximum absolute atomic E-state index is 12.2. The smallest absolute Gasteiger partial charge is 0.333 e. The average Bonchev–Trinajstić information content (AvgIpc) is 2.29. The third-order valence-electron chi connectivity index (χ3n) is 2.37. The molecule has 0 aromatic rings. The Morgan fingerprint density at radius 3 is 1.61 bits per heavy atom. The summed E-state index contributed by atoms with van der Waals surface area (Å²) in [6, 6.07) is 0. The summed E-state index contributed by atoms with van der Waals surface area (Å²) < 4.78 is 15.4. The second-order valence-corrected chi connectivity index (χ2v) is 7.32. The molecule has 0 aromatic heterocycles. The fraction of sp³-hybridized carbons (Fsp3) is 0.706. The molecule has 132 valence electrons. The molecule has 0 radical (unpaired) electrons. The lowest BCUT2D eigenvalue weighted by Crippen LogP contribution is -2.37. The van der Waals surface area contributed by atoms with Crippen LogP contribution in [0.15, 0.2) is 12.2 Å². The molecule has 6 heteroatoms. The maximum Gasteiger partial charge on any atom is 0.333 e. The van der Waals surface area contributed by atoms with Crippen LogP contribution in [0.1, 0.15) is 54.9 Å². The van der Waals surface area contributed by atoms with Gasteiger partial charge in [-0.05, 0) is 48.5 Å². The van der Waals surface area contributed by atoms with Gasteiger partial charge in [-0.2, -0.15) is 0 Å². The fourth-order valence-corrected chi connectivity index (χ4v) is 1.47. The third-order valence-corrected chi connectivity index (χ3v) is 2.37. The van der Waals surface area contributed by atoms with Gasteiger partial charge in [0.1, 0.15) is 11.2 Å². The molecule has 23 heavy (non-hydrogen) atoms. The van der Waals surface area contributed by atoms with Crippen molar-refractivity contribution < 1.29 is 28.6 Å². The first-order chi connectivity index (χ1) is 10.2. The van der Waals surface area contributed by atoms with E-state index in [0.29, 0.717) is 0 Å². The van der Waals surface area contributed by atoms with Gasteiger partial charge in [-0.1, -0.05) is 6.58 Å². The molecular weight excluding hydrogens is 300 g/mol. The van der Waals surface area contributed by atoms with Crippen LogP contribution in [0, 0.1) is 5.92 Å². The summed E-state index contributed by atoms with van der Waals surface area (Å²) in [4.78, 5) is 35.8. The second kappa shape index (κ2) is 8.13. The molecule has 0 N–H and O–H groups in total. The summed E-state index contributed by atoms with van der Waals surface area (Å²) in [5.41, 5.74) is -1.21. The Hall–Kier alpha value is -1.85. The zero-order chi connectivity index (χ0) is 18.4. The van der Waals surface area contributed by atoms with Crippen LogP contribution in [0.3, 0.4) is 0 Å². The van der Waals surface area contributed by atoms with Crippen LogP contribution in [-0.2, 0) is 28.6 Å². The molecule has 0 saturated carbocycles. The molecule has 0 aliphatic heterocycles. The van der Waals surface area contributed by atoms with E-state index < -0.39 is 35.0 Å². The topological polar surface area (TPSA) is 78.9 Å². The number of hydrogen-bond acceptors (Lipinski definition) is 6. The van der Waals surface area contributed by atoms with Gasteiger partial charge in [-0.25, -0.2) is 4.79 Å². The van der Waals surface area contributed by atoms with E-state index >= 15 is 0 Å². The maximum atomic E-state index is 12.2. The Morgan fingerprint density at radius 2 is 1.30 bits per heavy atom. The molecule has 0 amide bonds. The van der Waals surface area contributed by atoms with Crippen LogP contribution in [0.5, 0.6) is 0 Å². The van der Waals surface area contributed by atoms with Gasteiger partial charge in [0.25, 0.3) is 0 Å². The van der Waals surface area contributed by atoms with Gasteiger partial charge in [0.05, 0.1) is 6.61 Å². The van der Waals surface area contributed by atoms with Crippen LogP contribution in [0.25, 0.3) is 0 Å². The van der Waals surface area contributed by atoms with E-state index in [1.807, 2.05) is 0 Å². The Balaban J connectivity index is 4.93. The molecule has 0 spiro atoms. The molecule has 0 bridgehead atoms. The first-order valence-electron chi connectivity index (χ1n) is 7.51. The van der Waals surface area contributed by atoms with Gasteiger partial charge in [0.2, 0.25) is 0 Å². The van der Waals surface area contributed by atoms with Crippen molar-refractivity contribution in [2.24, 2.45) is 5.92 Å². The van der Waals surface area contributed by atoms with E-state index in [1.165, 1.54) is 6.92 Å². The van der Waals surface area contributed by atoms with Crippen molar-refractivity contribution in [3.8, 4) is 0 Å². The number of carbonyl (C=O) groups excluding carboxylic acids is 3. The van der Waals surface area contributed by atoms with Gasteiger partial charge in [0, 0.05) is 12.0 Å². The lowest BCUT2D eigenvalue weighted by Gasteiger charge is -2.26. The molecule has 0 aromatic carbocycles. The predicted molar refractivity (Wildman–Crippen MR) is 85.6 cm³/mol. The Morgan fingerprint density at radius 1 is 0.913 bits per heavy atom. The van der Waals surface area contributed by atoms with Crippen molar-refractivity contribution in [3.05, 3.63) is 12.2 Å². The van der Waals surface area contributed by atoms with Crippen molar-refractivity contribution in [2.75, 3.05) is 6.61 Å². The Labute approximate surface area is 138 Å². The largest absolute Gasteiger partial charge is 0.462 e. The van der Waals surface area contributed by atoms with Crippen LogP contribution in [0.2, 0.25) is 0 Å². The highest BCUT2D eigenvalue weighted by molar-refractivity contribution is 5.95. The summed E-state index contributed by atoms with van der Waals surface area (Å²) in [5.74, 6) is -3.11. The molecule has 0 atom stereocenters. The van der Waals surface area contributed by atoms with Crippen molar-refractivity contribution in [3.63, 3.8) is 0 Å². The summed E-state index contributed by atoms with van der Waals surface area (Å²) in [7, 11) is 0. The minimum absolute atomic E-state index is 0.0111. The molecule has 0 rings (SSSR count). The van der Waals surface area contributed by atoms with E-state index in [0.717, 1.165) is 0 Å². The van der Waals surface area contributed by atoms with E-state index in [1.54, 1.807) is 41.5 Å². The highest BCUT2D eigenvalue weighted by Gasteiger charge is 2.34. The molecular formula is C17H28O6. The average molecular weight is 328 g/mol. The molecule has 0 fully saturated rings. The van der Waals surface area contributed by atoms with E-state index in [4.69, 9.17) is 14.2 Å². The summed E-state index contributed by atoms with van der Waals surface area (Å²) in [6.45, 7) is 15.1. The summed E-state index contributed by atoms with van der Waals surface area (Å²) >= 11 is 0. The van der Waals surface area contributed by atoms with Crippen molar-refractivity contribution >= 4 is 17.9 Å². The molecule has 6 nitrogen and oxygen atoms in total. The predicted octanol–water partition coefficient (Wildman–Crippen LogP) is 2.80. The second-order valence-electron chi connectivity index (χ2n) is 7.32. The molecule has 0 aliphatic carbocycles. The monoisotopic (exact) mass is 328 g/mol. The van der Waals surface area contributed by atoms with Gasteiger partial charge < -0.3 is 14.2 Å². The van der Waals surface area contributed by atoms with Crippen LogP contribution < -0.4 is 0 Å². The van der Waals surface area contributed by atoms with E-state index in [-0.39, 0.29) is 18.6 Å². The van der Waals surface area contributed by atoms with Gasteiger partial charge >= 0.3 is 17.9 Å². The van der Waals surface area contributed by atoms with Gasteiger partial charge in [-0.15, -0.1) is 0 Å². The number of rotatable bonds is 6. The molecule has 0 saturated heterocycles. The normalized spacial score (nSPS) is 11.8. The van der Waals surface area contributed by atoms with Crippen molar-refractivity contribution in [1.29, 1.82) is 0 Å². The van der Waals surface area contributed by atoms with Crippen LogP contribution in [-0.4, -0.2) is 35.7 Å². The minimum Gasteiger partial charge on any atom is -0.462 e. The number of hydrogen-bond donors (Lipinski definition) is 0. The quantitative estimate of drug-likeness (QED) is 0.323. The molecule has 0 unspecified atom stereocenters. The van der Waals surface area contributed by atoms with E-state index in [9.17, 15) is 14.4 Å². The lowest BCUT2D eigenvalue weighted by atomic mass is 10.0. The zero-order valence-electron chi connectivity index (χ0n) is 15.1. The first kappa shape index (κ1) is 21.1. The van der Waals surface area contributed by atoms with Crippen LogP contribution >= 0.6 is 0 Å². The van der Waals surface area contributed by atoms with Crippen molar-refractivity contribution in [2.45, 2.75) is 66.1 Å². The number of ether oxygens (including phenoxy) is 3. The molecule has 0 heterocycles. The number of esters is 3.